The maximum absolute atomic E-state index is 12.2. The van der Waals surface area contributed by atoms with E-state index in [1.165, 1.54) is 7.05 Å². The van der Waals surface area contributed by atoms with Crippen molar-refractivity contribution >= 4 is 41.0 Å². The van der Waals surface area contributed by atoms with Gasteiger partial charge >= 0.3 is 0 Å². The van der Waals surface area contributed by atoms with Crippen molar-refractivity contribution in [2.24, 2.45) is 5.92 Å². The van der Waals surface area contributed by atoms with Gasteiger partial charge < -0.3 is 31.3 Å². The number of carbonyl (C=O) groups is 6. The van der Waals surface area contributed by atoms with Gasteiger partial charge in [0.25, 0.3) is 0 Å². The molecule has 0 bridgehead atoms. The van der Waals surface area contributed by atoms with Crippen LogP contribution in [0, 0.1) is 5.92 Å². The zero-order chi connectivity index (χ0) is 32.6. The highest BCUT2D eigenvalue weighted by molar-refractivity contribution is 6.03. The van der Waals surface area contributed by atoms with Gasteiger partial charge in [0, 0.05) is 64.2 Å². The van der Waals surface area contributed by atoms with E-state index in [0.717, 1.165) is 37.7 Å². The minimum absolute atomic E-state index is 0.0303. The van der Waals surface area contributed by atoms with Gasteiger partial charge in [-0.15, -0.1) is 0 Å². The Kier molecular flexibility index (Phi) is 20.5. The Hall–Kier alpha value is -3.80. The highest BCUT2D eigenvalue weighted by Gasteiger charge is 2.15. The monoisotopic (exact) mass is 617 g/mol. The van der Waals surface area contributed by atoms with Gasteiger partial charge in [-0.3, -0.25) is 28.8 Å². The fourth-order valence-electron chi connectivity index (χ4n) is 4.44. The van der Waals surface area contributed by atoms with Gasteiger partial charge in [0.2, 0.25) is 29.5 Å². The van der Waals surface area contributed by atoms with Crippen LogP contribution in [0.15, 0.2) is 24.3 Å². The molecule has 0 radical (unpaired) electrons. The third-order valence-corrected chi connectivity index (χ3v) is 6.88. The number of carbonyl (C=O) groups excluding carboxylic acids is 6. The lowest BCUT2D eigenvalue weighted by Crippen LogP contribution is -2.31. The Bertz CT molecular complexity index is 1050. The van der Waals surface area contributed by atoms with Crippen molar-refractivity contribution in [2.75, 3.05) is 45.2 Å². The van der Waals surface area contributed by atoms with Crippen molar-refractivity contribution in [1.82, 2.24) is 21.3 Å². The molecule has 12 nitrogen and oxygen atoms in total. The molecule has 1 unspecified atom stereocenters. The van der Waals surface area contributed by atoms with Gasteiger partial charge in [-0.2, -0.15) is 0 Å². The fourth-order valence-corrected chi connectivity index (χ4v) is 4.44. The summed E-state index contributed by atoms with van der Waals surface area (Å²) in [6.45, 7) is 5.76. The first kappa shape index (κ1) is 38.2. The Labute approximate surface area is 261 Å². The van der Waals surface area contributed by atoms with Crippen LogP contribution in [-0.4, -0.2) is 75.2 Å². The SMILES string of the molecule is CCCC(CCCCNC(=O)CCCOCCNC(=O)CC(=O)Nc1ccc(CC(=O)NCCC(=O)NC)cc1)C(=O)CC. The second kappa shape index (κ2) is 23.6. The number of anilines is 1. The highest BCUT2D eigenvalue weighted by Crippen LogP contribution is 2.17. The van der Waals surface area contributed by atoms with Crippen LogP contribution in [0.5, 0.6) is 0 Å². The topological polar surface area (TPSA) is 172 Å². The lowest BCUT2D eigenvalue weighted by Gasteiger charge is -2.14. The lowest BCUT2D eigenvalue weighted by molar-refractivity contribution is -0.127. The maximum Gasteiger partial charge on any atom is 0.233 e. The second-order valence-corrected chi connectivity index (χ2v) is 10.6. The zero-order valence-electron chi connectivity index (χ0n) is 26.6. The van der Waals surface area contributed by atoms with Gasteiger partial charge in [-0.25, -0.2) is 0 Å². The van der Waals surface area contributed by atoms with Gasteiger partial charge in [0.15, 0.2) is 0 Å². The molecule has 1 aromatic rings. The van der Waals surface area contributed by atoms with Crippen LogP contribution in [0.25, 0.3) is 0 Å². The van der Waals surface area contributed by atoms with E-state index >= 15 is 0 Å². The number of unbranched alkanes of at least 4 members (excludes halogenated alkanes) is 1. The van der Waals surface area contributed by atoms with E-state index in [1.807, 2.05) is 6.92 Å². The Morgan fingerprint density at radius 2 is 1.41 bits per heavy atom. The largest absolute Gasteiger partial charge is 0.380 e. The number of ether oxygens (including phenoxy) is 1. The third-order valence-electron chi connectivity index (χ3n) is 6.88. The molecule has 12 heteroatoms. The summed E-state index contributed by atoms with van der Waals surface area (Å²) < 4.78 is 5.46. The van der Waals surface area contributed by atoms with Crippen molar-refractivity contribution in [3.63, 3.8) is 0 Å². The molecule has 0 heterocycles. The van der Waals surface area contributed by atoms with Gasteiger partial charge in [-0.05, 0) is 43.4 Å². The van der Waals surface area contributed by atoms with Gasteiger partial charge in [0.05, 0.1) is 13.0 Å². The zero-order valence-corrected chi connectivity index (χ0v) is 26.6. The van der Waals surface area contributed by atoms with E-state index in [4.69, 9.17) is 4.74 Å². The molecule has 0 aromatic heterocycles. The Morgan fingerprint density at radius 1 is 0.705 bits per heavy atom. The maximum atomic E-state index is 12.2. The molecule has 1 atom stereocenters. The summed E-state index contributed by atoms with van der Waals surface area (Å²) in [5, 5.41) is 13.3. The number of benzene rings is 1. The minimum atomic E-state index is -0.468. The van der Waals surface area contributed by atoms with Crippen molar-refractivity contribution in [2.45, 2.75) is 84.5 Å². The molecule has 1 aromatic carbocycles. The van der Waals surface area contributed by atoms with Crippen LogP contribution in [0.2, 0.25) is 0 Å². The van der Waals surface area contributed by atoms with E-state index < -0.39 is 11.8 Å². The number of Topliss-reactive ketones (excluding diaryl/α,β-unsaturated/α-hetero) is 1. The summed E-state index contributed by atoms with van der Waals surface area (Å²) in [5.41, 5.74) is 1.25. The number of rotatable bonds is 24. The van der Waals surface area contributed by atoms with Gasteiger partial charge in [0.1, 0.15) is 12.2 Å². The first-order valence-electron chi connectivity index (χ1n) is 15.7. The average molecular weight is 618 g/mol. The molecular formula is C32H51N5O7. The fraction of sp³-hybridized carbons (Fsp3) is 0.625. The summed E-state index contributed by atoms with van der Waals surface area (Å²) in [4.78, 5) is 71.3. The molecule has 44 heavy (non-hydrogen) atoms. The molecule has 0 aliphatic carbocycles. The molecule has 0 spiro atoms. The van der Waals surface area contributed by atoms with Crippen molar-refractivity contribution in [3.8, 4) is 0 Å². The van der Waals surface area contributed by atoms with Crippen molar-refractivity contribution < 1.29 is 33.5 Å². The third kappa shape index (κ3) is 18.7. The van der Waals surface area contributed by atoms with Crippen LogP contribution < -0.4 is 26.6 Å². The molecule has 0 saturated heterocycles. The molecule has 5 amide bonds. The summed E-state index contributed by atoms with van der Waals surface area (Å²) >= 11 is 0. The van der Waals surface area contributed by atoms with Crippen LogP contribution >= 0.6 is 0 Å². The Morgan fingerprint density at radius 3 is 2.09 bits per heavy atom. The van der Waals surface area contributed by atoms with Crippen LogP contribution in [-0.2, 0) is 39.9 Å². The van der Waals surface area contributed by atoms with E-state index in [-0.39, 0.29) is 62.6 Å². The van der Waals surface area contributed by atoms with Crippen LogP contribution in [0.4, 0.5) is 5.69 Å². The summed E-state index contributed by atoms with van der Waals surface area (Å²) in [6, 6.07) is 6.71. The molecule has 5 N–H and O–H groups in total. The van der Waals surface area contributed by atoms with E-state index in [1.54, 1.807) is 24.3 Å². The smallest absolute Gasteiger partial charge is 0.233 e. The summed E-state index contributed by atoms with van der Waals surface area (Å²) in [5.74, 6) is -0.818. The number of amides is 5. The van der Waals surface area contributed by atoms with Crippen LogP contribution in [0.1, 0.15) is 83.6 Å². The number of hydrogen-bond donors (Lipinski definition) is 5. The van der Waals surface area contributed by atoms with Gasteiger partial charge in [-0.1, -0.05) is 38.8 Å². The standard InChI is InChI=1S/C32H51N5O7/c1-4-9-25(27(38)5-2)10-6-7-17-34-29(40)11-8-20-44-21-19-36-31(42)23-32(43)37-26-14-12-24(13-15-26)22-30(41)35-18-16-28(39)33-3/h12-15,25H,4-11,16-23H2,1-3H3,(H,33,39)(H,34,40)(H,35,41)(H,36,42)(H,37,43). The van der Waals surface area contributed by atoms with E-state index in [2.05, 4.69) is 33.5 Å². The summed E-state index contributed by atoms with van der Waals surface area (Å²) in [7, 11) is 1.54. The molecular weight excluding hydrogens is 566 g/mol. The molecule has 0 fully saturated rings. The summed E-state index contributed by atoms with van der Waals surface area (Å²) in [6.07, 6.45) is 6.10. The lowest BCUT2D eigenvalue weighted by atomic mass is 9.91. The minimum Gasteiger partial charge on any atom is -0.380 e. The molecule has 0 aliphatic heterocycles. The Balaban J connectivity index is 2.09. The highest BCUT2D eigenvalue weighted by atomic mass is 16.5. The predicted molar refractivity (Wildman–Crippen MR) is 169 cm³/mol. The molecule has 246 valence electrons. The number of ketones is 1. The predicted octanol–water partition coefficient (Wildman–Crippen LogP) is 2.40. The first-order valence-corrected chi connectivity index (χ1v) is 15.7. The second-order valence-electron chi connectivity index (χ2n) is 10.6. The van der Waals surface area contributed by atoms with E-state index in [0.29, 0.717) is 43.9 Å². The molecule has 0 saturated carbocycles. The molecule has 1 rings (SSSR count). The number of hydrogen-bond acceptors (Lipinski definition) is 7. The van der Waals surface area contributed by atoms with E-state index in [9.17, 15) is 28.8 Å². The first-order chi connectivity index (χ1) is 21.2. The van der Waals surface area contributed by atoms with Crippen LogP contribution in [0.3, 0.4) is 0 Å². The quantitative estimate of drug-likeness (QED) is 0.0875. The van der Waals surface area contributed by atoms with Crippen molar-refractivity contribution in [1.29, 1.82) is 0 Å². The molecule has 0 aliphatic rings. The number of nitrogens with one attached hydrogen (secondary N) is 5. The normalized spacial score (nSPS) is 11.2. The van der Waals surface area contributed by atoms with Crippen molar-refractivity contribution in [3.05, 3.63) is 29.8 Å². The average Bonchev–Trinajstić information content (AvgIpc) is 3.00.